The van der Waals surface area contributed by atoms with E-state index in [0.717, 1.165) is 0 Å². The maximum atomic E-state index is 2.44. The van der Waals surface area contributed by atoms with Crippen molar-refractivity contribution in [3.63, 3.8) is 0 Å². The Morgan fingerprint density at radius 3 is 2.64 bits per heavy atom. The molecule has 0 bridgehead atoms. The molecule has 1 aliphatic heterocycles. The molecule has 2 fully saturated rings. The van der Waals surface area contributed by atoms with E-state index in [1.807, 2.05) is 0 Å². The third-order valence-corrected chi connectivity index (χ3v) is 2.59. The van der Waals surface area contributed by atoms with Crippen LogP contribution in [0.2, 0.25) is 0 Å². The van der Waals surface area contributed by atoms with Crippen LogP contribution in [0.25, 0.3) is 0 Å². The predicted octanol–water partition coefficient (Wildman–Crippen LogP) is 1.49. The minimum atomic E-state index is 0.699. The van der Waals surface area contributed by atoms with E-state index in [0.29, 0.717) is 6.04 Å². The fraction of sp³-hybridized carbons (Fsp3) is 0.500. The van der Waals surface area contributed by atoms with Crippen LogP contribution in [0.15, 0.2) is 0 Å². The highest BCUT2D eigenvalue weighted by molar-refractivity contribution is 5.38. The summed E-state index contributed by atoms with van der Waals surface area (Å²) in [5, 5.41) is 0. The lowest BCUT2D eigenvalue weighted by Crippen LogP contribution is -2.30. The first-order valence-electron chi connectivity index (χ1n) is 4.30. The predicted molar refractivity (Wildman–Crippen MR) is 46.1 cm³/mol. The molecule has 0 amide bonds. The normalized spacial score (nSPS) is 35.2. The molecular formula is C10H14N. The van der Waals surface area contributed by atoms with Gasteiger partial charge in [-0.05, 0) is 52.1 Å². The summed E-state index contributed by atoms with van der Waals surface area (Å²) in [6.45, 7) is 1.26. The Labute approximate surface area is 69.8 Å². The van der Waals surface area contributed by atoms with Crippen molar-refractivity contribution < 1.29 is 0 Å². The van der Waals surface area contributed by atoms with Gasteiger partial charge in [0.25, 0.3) is 0 Å². The van der Waals surface area contributed by atoms with Crippen molar-refractivity contribution in [2.45, 2.75) is 18.9 Å². The highest BCUT2D eigenvalue weighted by atomic mass is 15.1. The average Bonchev–Trinajstić information content (AvgIpc) is 2.55. The number of rotatable bonds is 1. The molecule has 0 aromatic heterocycles. The van der Waals surface area contributed by atoms with E-state index < -0.39 is 0 Å². The summed E-state index contributed by atoms with van der Waals surface area (Å²) in [5.41, 5.74) is 0. The van der Waals surface area contributed by atoms with Crippen molar-refractivity contribution in [3.05, 3.63) is 31.6 Å². The molecule has 2 rings (SSSR count). The van der Waals surface area contributed by atoms with Gasteiger partial charge in [0.05, 0.1) is 0 Å². The summed E-state index contributed by atoms with van der Waals surface area (Å²) < 4.78 is 0. The number of hydrogen-bond acceptors (Lipinski definition) is 1. The molecule has 2 aliphatic rings. The second-order valence-electron chi connectivity index (χ2n) is 3.36. The number of hydrogen-bond donors (Lipinski definition) is 0. The van der Waals surface area contributed by atoms with Gasteiger partial charge in [0, 0.05) is 12.0 Å². The Bertz CT molecular complexity index is 127. The largest absolute Gasteiger partial charge is 0.303 e. The number of nitrogens with zero attached hydrogens (tertiary/aromatic N) is 1. The van der Waals surface area contributed by atoms with Crippen molar-refractivity contribution in [2.24, 2.45) is 0 Å². The molecule has 1 aliphatic carbocycles. The average molecular weight is 148 g/mol. The summed E-state index contributed by atoms with van der Waals surface area (Å²) in [7, 11) is 2.21. The summed E-state index contributed by atoms with van der Waals surface area (Å²) in [6.07, 6.45) is 11.4. The molecule has 0 spiro atoms. The van der Waals surface area contributed by atoms with Gasteiger partial charge in [-0.25, -0.2) is 0 Å². The second-order valence-corrected chi connectivity index (χ2v) is 3.36. The minimum Gasteiger partial charge on any atom is -0.303 e. The van der Waals surface area contributed by atoms with Crippen molar-refractivity contribution in [3.8, 4) is 0 Å². The molecule has 5 radical (unpaired) electrons. The van der Waals surface area contributed by atoms with E-state index in [9.17, 15) is 0 Å². The zero-order valence-corrected chi connectivity index (χ0v) is 6.96. The van der Waals surface area contributed by atoms with Crippen molar-refractivity contribution >= 4 is 0 Å². The molecule has 1 heterocycles. The lowest BCUT2D eigenvalue weighted by Gasteiger charge is -2.24. The molecule has 0 unspecified atom stereocenters. The smallest absolute Gasteiger partial charge is 0.0161 e. The van der Waals surface area contributed by atoms with E-state index in [1.165, 1.54) is 25.3 Å². The SMILES string of the molecule is CN1CCC[C@@H]1[C]1[CH][CH][CH][CH]1. The van der Waals surface area contributed by atoms with Crippen LogP contribution in [-0.2, 0) is 0 Å². The molecule has 1 heteroatoms. The van der Waals surface area contributed by atoms with Gasteiger partial charge in [-0.2, -0.15) is 0 Å². The molecule has 0 aromatic carbocycles. The highest BCUT2D eigenvalue weighted by Crippen LogP contribution is 2.33. The Kier molecular flexibility index (Phi) is 2.17. The minimum absolute atomic E-state index is 0.699. The maximum absolute atomic E-state index is 2.44. The fourth-order valence-corrected chi connectivity index (χ4v) is 1.94. The first kappa shape index (κ1) is 7.60. The molecule has 1 saturated heterocycles. The molecule has 11 heavy (non-hydrogen) atoms. The van der Waals surface area contributed by atoms with Crippen LogP contribution in [0.5, 0.6) is 0 Å². The molecule has 1 saturated carbocycles. The van der Waals surface area contributed by atoms with Gasteiger partial charge in [-0.1, -0.05) is 0 Å². The van der Waals surface area contributed by atoms with Crippen molar-refractivity contribution in [2.75, 3.05) is 13.6 Å². The summed E-state index contributed by atoms with van der Waals surface area (Å²) in [4.78, 5) is 2.44. The molecule has 1 atom stereocenters. The zero-order chi connectivity index (χ0) is 7.68. The quantitative estimate of drug-likeness (QED) is 0.544. The van der Waals surface area contributed by atoms with Crippen LogP contribution in [0.4, 0.5) is 0 Å². The molecule has 59 valence electrons. The second kappa shape index (κ2) is 3.14. The van der Waals surface area contributed by atoms with E-state index in [4.69, 9.17) is 0 Å². The van der Waals surface area contributed by atoms with Crippen molar-refractivity contribution in [1.29, 1.82) is 0 Å². The molecular weight excluding hydrogens is 134 g/mol. The third-order valence-electron chi connectivity index (χ3n) is 2.59. The summed E-state index contributed by atoms with van der Waals surface area (Å²) >= 11 is 0. The van der Waals surface area contributed by atoms with E-state index in [1.54, 1.807) is 0 Å². The van der Waals surface area contributed by atoms with Gasteiger partial charge in [0.15, 0.2) is 0 Å². The van der Waals surface area contributed by atoms with Gasteiger partial charge < -0.3 is 4.90 Å². The summed E-state index contributed by atoms with van der Waals surface area (Å²) in [5.74, 6) is 1.49. The Morgan fingerprint density at radius 1 is 1.36 bits per heavy atom. The lowest BCUT2D eigenvalue weighted by molar-refractivity contribution is 0.330. The molecule has 0 aromatic rings. The Balaban J connectivity index is 1.92. The topological polar surface area (TPSA) is 3.24 Å². The molecule has 0 N–H and O–H groups in total. The van der Waals surface area contributed by atoms with Crippen LogP contribution >= 0.6 is 0 Å². The van der Waals surface area contributed by atoms with Gasteiger partial charge in [-0.15, -0.1) is 0 Å². The Morgan fingerprint density at radius 2 is 2.09 bits per heavy atom. The standard InChI is InChI=1S/C10H14N/c1-11-8-4-7-10(11)9-5-2-3-6-9/h2-3,5-6,10H,4,7-8H2,1H3/t10-/m1/s1. The van der Waals surface area contributed by atoms with Crippen LogP contribution in [0.1, 0.15) is 12.8 Å². The van der Waals surface area contributed by atoms with Crippen LogP contribution in [0, 0.1) is 31.6 Å². The van der Waals surface area contributed by atoms with Crippen LogP contribution in [0.3, 0.4) is 0 Å². The monoisotopic (exact) mass is 148 g/mol. The lowest BCUT2D eigenvalue weighted by atomic mass is 9.96. The first-order valence-corrected chi connectivity index (χ1v) is 4.30. The zero-order valence-electron chi connectivity index (χ0n) is 6.96. The van der Waals surface area contributed by atoms with Gasteiger partial charge in [0.2, 0.25) is 0 Å². The van der Waals surface area contributed by atoms with Gasteiger partial charge in [0.1, 0.15) is 0 Å². The molecule has 1 nitrogen and oxygen atoms in total. The van der Waals surface area contributed by atoms with E-state index in [2.05, 4.69) is 37.6 Å². The maximum Gasteiger partial charge on any atom is 0.0161 e. The van der Waals surface area contributed by atoms with Gasteiger partial charge in [-0.3, -0.25) is 0 Å². The van der Waals surface area contributed by atoms with Gasteiger partial charge >= 0.3 is 0 Å². The van der Waals surface area contributed by atoms with Crippen molar-refractivity contribution in [1.82, 2.24) is 4.90 Å². The van der Waals surface area contributed by atoms with E-state index in [-0.39, 0.29) is 0 Å². The first-order chi connectivity index (χ1) is 5.38. The third kappa shape index (κ3) is 1.44. The van der Waals surface area contributed by atoms with Crippen LogP contribution < -0.4 is 0 Å². The number of likely N-dealkylation sites (tertiary alicyclic amines) is 1. The Hall–Kier alpha value is -0.0400. The summed E-state index contributed by atoms with van der Waals surface area (Å²) in [6, 6.07) is 0.699. The fourth-order valence-electron chi connectivity index (χ4n) is 1.94. The van der Waals surface area contributed by atoms with Crippen LogP contribution in [-0.4, -0.2) is 24.5 Å². The highest BCUT2D eigenvalue weighted by Gasteiger charge is 2.31. The van der Waals surface area contributed by atoms with E-state index >= 15 is 0 Å².